The van der Waals surface area contributed by atoms with Crippen molar-refractivity contribution in [1.82, 2.24) is 0 Å². The van der Waals surface area contributed by atoms with Crippen molar-refractivity contribution in [3.8, 4) is 0 Å². The van der Waals surface area contributed by atoms with Crippen molar-refractivity contribution in [3.63, 3.8) is 0 Å². The molecule has 1 aromatic carbocycles. The molecule has 0 aliphatic carbocycles. The summed E-state index contributed by atoms with van der Waals surface area (Å²) >= 11 is 0. The van der Waals surface area contributed by atoms with Crippen LogP contribution in [0.15, 0.2) is 24.3 Å². The Bertz CT molecular complexity index is 441. The predicted octanol–water partition coefficient (Wildman–Crippen LogP) is 1.16. The Kier molecular flexibility index (Phi) is 6.57. The van der Waals surface area contributed by atoms with Crippen molar-refractivity contribution in [2.75, 3.05) is 33.5 Å². The number of aliphatic carboxylic acids is 1. The highest BCUT2D eigenvalue weighted by molar-refractivity contribution is 5.81. The van der Waals surface area contributed by atoms with E-state index in [-0.39, 0.29) is 25.1 Å². The molecule has 5 nitrogen and oxygen atoms in total. The quantitative estimate of drug-likeness (QED) is 0.665. The van der Waals surface area contributed by atoms with E-state index in [4.69, 9.17) is 15.2 Å². The molecule has 0 aliphatic rings. The van der Waals surface area contributed by atoms with Gasteiger partial charge in [0.05, 0.1) is 13.2 Å². The van der Waals surface area contributed by atoms with Crippen LogP contribution < -0.4 is 5.73 Å². The first-order valence-electron chi connectivity index (χ1n) is 6.33. The van der Waals surface area contributed by atoms with Crippen LogP contribution in [0, 0.1) is 5.82 Å². The Morgan fingerprint density at radius 3 is 2.60 bits per heavy atom. The molecule has 1 unspecified atom stereocenters. The number of benzene rings is 1. The van der Waals surface area contributed by atoms with Crippen LogP contribution in [0.1, 0.15) is 12.0 Å². The lowest BCUT2D eigenvalue weighted by Gasteiger charge is -2.28. The summed E-state index contributed by atoms with van der Waals surface area (Å²) in [5.74, 6) is -1.72. The van der Waals surface area contributed by atoms with Crippen LogP contribution in [0.2, 0.25) is 0 Å². The highest BCUT2D eigenvalue weighted by atomic mass is 19.1. The Hall–Kier alpha value is -1.50. The van der Waals surface area contributed by atoms with Crippen LogP contribution in [-0.4, -0.2) is 44.6 Å². The van der Waals surface area contributed by atoms with E-state index in [9.17, 15) is 14.3 Å². The van der Waals surface area contributed by atoms with Crippen molar-refractivity contribution in [3.05, 3.63) is 35.6 Å². The van der Waals surface area contributed by atoms with Crippen molar-refractivity contribution >= 4 is 5.97 Å². The fourth-order valence-corrected chi connectivity index (χ4v) is 2.00. The largest absolute Gasteiger partial charge is 0.481 e. The molecule has 0 radical (unpaired) electrons. The first-order valence-corrected chi connectivity index (χ1v) is 6.33. The number of carboxylic acid groups (broad SMARTS) is 1. The Morgan fingerprint density at radius 2 is 2.05 bits per heavy atom. The normalized spacial score (nSPS) is 13.9. The SMILES string of the molecule is COCCOCCC(CN)(C(=O)O)c1ccccc1F. The predicted molar refractivity (Wildman–Crippen MR) is 72.1 cm³/mol. The molecule has 6 heteroatoms. The molecule has 112 valence electrons. The minimum absolute atomic E-state index is 0.0883. The molecule has 0 aliphatic heterocycles. The molecular formula is C14H20FNO4. The molecule has 0 bridgehead atoms. The van der Waals surface area contributed by atoms with Gasteiger partial charge < -0.3 is 20.3 Å². The lowest BCUT2D eigenvalue weighted by molar-refractivity contribution is -0.144. The molecule has 0 aromatic heterocycles. The number of nitrogens with two attached hydrogens (primary N) is 1. The summed E-state index contributed by atoms with van der Waals surface area (Å²) in [4.78, 5) is 11.6. The number of ether oxygens (including phenoxy) is 2. The lowest BCUT2D eigenvalue weighted by Crippen LogP contribution is -2.44. The molecule has 0 heterocycles. The zero-order valence-corrected chi connectivity index (χ0v) is 11.5. The highest BCUT2D eigenvalue weighted by Crippen LogP contribution is 2.29. The average Bonchev–Trinajstić information content (AvgIpc) is 2.44. The lowest BCUT2D eigenvalue weighted by atomic mass is 9.77. The van der Waals surface area contributed by atoms with E-state index in [2.05, 4.69) is 0 Å². The van der Waals surface area contributed by atoms with Crippen LogP contribution in [0.4, 0.5) is 4.39 Å². The van der Waals surface area contributed by atoms with E-state index < -0.39 is 17.2 Å². The number of rotatable bonds is 9. The molecule has 0 saturated carbocycles. The van der Waals surface area contributed by atoms with Crippen LogP contribution in [-0.2, 0) is 19.7 Å². The van der Waals surface area contributed by atoms with Gasteiger partial charge in [0.2, 0.25) is 0 Å². The molecule has 0 amide bonds. The molecule has 3 N–H and O–H groups in total. The zero-order valence-electron chi connectivity index (χ0n) is 11.5. The van der Waals surface area contributed by atoms with E-state index in [0.717, 1.165) is 0 Å². The van der Waals surface area contributed by atoms with E-state index in [1.165, 1.54) is 18.2 Å². The van der Waals surface area contributed by atoms with Gasteiger partial charge in [-0.3, -0.25) is 4.79 Å². The fraction of sp³-hybridized carbons (Fsp3) is 0.500. The number of carboxylic acids is 1. The van der Waals surface area contributed by atoms with Gasteiger partial charge in [-0.15, -0.1) is 0 Å². The summed E-state index contributed by atoms with van der Waals surface area (Å²) in [6.45, 7) is 0.745. The third-order valence-electron chi connectivity index (χ3n) is 3.25. The summed E-state index contributed by atoms with van der Waals surface area (Å²) < 4.78 is 24.0. The van der Waals surface area contributed by atoms with Crippen LogP contribution in [0.3, 0.4) is 0 Å². The van der Waals surface area contributed by atoms with Gasteiger partial charge in [0.15, 0.2) is 0 Å². The molecule has 0 spiro atoms. The molecule has 1 aromatic rings. The standard InChI is InChI=1S/C14H20FNO4/c1-19-8-9-20-7-6-14(10-16,13(17)18)11-4-2-3-5-12(11)15/h2-5H,6-10,16H2,1H3,(H,17,18). The third kappa shape index (κ3) is 3.75. The molecule has 20 heavy (non-hydrogen) atoms. The summed E-state index contributed by atoms with van der Waals surface area (Å²) in [6.07, 6.45) is 0.101. The van der Waals surface area contributed by atoms with Crippen molar-refractivity contribution in [1.29, 1.82) is 0 Å². The van der Waals surface area contributed by atoms with Gasteiger partial charge in [0, 0.05) is 25.8 Å². The van der Waals surface area contributed by atoms with Gasteiger partial charge in [-0.2, -0.15) is 0 Å². The second-order valence-corrected chi connectivity index (χ2v) is 4.43. The Balaban J connectivity index is 2.87. The number of hydrogen-bond acceptors (Lipinski definition) is 4. The molecule has 0 fully saturated rings. The molecule has 1 rings (SSSR count). The minimum Gasteiger partial charge on any atom is -0.481 e. The highest BCUT2D eigenvalue weighted by Gasteiger charge is 2.40. The maximum atomic E-state index is 13.9. The van der Waals surface area contributed by atoms with E-state index in [0.29, 0.717) is 13.2 Å². The average molecular weight is 285 g/mol. The summed E-state index contributed by atoms with van der Waals surface area (Å²) in [6, 6.07) is 5.79. The Morgan fingerprint density at radius 1 is 1.35 bits per heavy atom. The zero-order chi connectivity index (χ0) is 15.0. The van der Waals surface area contributed by atoms with E-state index in [1.807, 2.05) is 0 Å². The smallest absolute Gasteiger partial charge is 0.315 e. The number of hydrogen-bond donors (Lipinski definition) is 2. The van der Waals surface area contributed by atoms with Gasteiger partial charge >= 0.3 is 5.97 Å². The van der Waals surface area contributed by atoms with E-state index >= 15 is 0 Å². The van der Waals surface area contributed by atoms with Gasteiger partial charge in [0.25, 0.3) is 0 Å². The van der Waals surface area contributed by atoms with Crippen LogP contribution in [0.25, 0.3) is 0 Å². The topological polar surface area (TPSA) is 81.8 Å². The van der Waals surface area contributed by atoms with Gasteiger partial charge in [0.1, 0.15) is 11.2 Å². The van der Waals surface area contributed by atoms with Crippen molar-refractivity contribution in [2.24, 2.45) is 5.73 Å². The second kappa shape index (κ2) is 7.94. The third-order valence-corrected chi connectivity index (χ3v) is 3.25. The van der Waals surface area contributed by atoms with Crippen molar-refractivity contribution < 1.29 is 23.8 Å². The Labute approximate surface area is 117 Å². The monoisotopic (exact) mass is 285 g/mol. The van der Waals surface area contributed by atoms with Gasteiger partial charge in [-0.05, 0) is 12.5 Å². The van der Waals surface area contributed by atoms with Crippen molar-refractivity contribution in [2.45, 2.75) is 11.8 Å². The summed E-state index contributed by atoms with van der Waals surface area (Å²) in [7, 11) is 1.55. The fourth-order valence-electron chi connectivity index (χ4n) is 2.00. The first-order chi connectivity index (χ1) is 9.58. The second-order valence-electron chi connectivity index (χ2n) is 4.43. The molecule has 1 atom stereocenters. The molecule has 0 saturated heterocycles. The van der Waals surface area contributed by atoms with Gasteiger partial charge in [-0.25, -0.2) is 4.39 Å². The number of carbonyl (C=O) groups is 1. The molecular weight excluding hydrogens is 265 g/mol. The summed E-state index contributed by atoms with van der Waals surface area (Å²) in [5.41, 5.74) is 4.24. The summed E-state index contributed by atoms with van der Waals surface area (Å²) in [5, 5.41) is 9.48. The number of methoxy groups -OCH3 is 1. The minimum atomic E-state index is -1.47. The van der Waals surface area contributed by atoms with E-state index in [1.54, 1.807) is 13.2 Å². The maximum absolute atomic E-state index is 13.9. The van der Waals surface area contributed by atoms with Gasteiger partial charge in [-0.1, -0.05) is 18.2 Å². The van der Waals surface area contributed by atoms with Crippen LogP contribution in [0.5, 0.6) is 0 Å². The maximum Gasteiger partial charge on any atom is 0.315 e. The first kappa shape index (κ1) is 16.6. The number of halogens is 1. The van der Waals surface area contributed by atoms with Crippen LogP contribution >= 0.6 is 0 Å².